The molecule has 0 spiro atoms. The Morgan fingerprint density at radius 2 is 1.94 bits per heavy atom. The second kappa shape index (κ2) is 6.69. The Kier molecular flexibility index (Phi) is 5.24. The lowest BCUT2D eigenvalue weighted by molar-refractivity contribution is -0.128. The monoisotopic (exact) mass is 250 g/mol. The standard InChI is InChI=1S/C14H15FO3/c1-10(2)14(17)12(8-18-9-16)7-11-3-5-13(15)6-4-11/h3-7,9-10H,8H2,1-2H3. The van der Waals surface area contributed by atoms with Crippen LogP contribution in [0.4, 0.5) is 4.39 Å². The Labute approximate surface area is 105 Å². The minimum absolute atomic E-state index is 0.0715. The van der Waals surface area contributed by atoms with Crippen molar-refractivity contribution in [3.05, 3.63) is 41.2 Å². The molecule has 4 heteroatoms. The number of Topliss-reactive ketones (excluding diaryl/α,β-unsaturated/α-hetero) is 1. The van der Waals surface area contributed by atoms with Crippen LogP contribution in [0.15, 0.2) is 29.8 Å². The molecule has 3 nitrogen and oxygen atoms in total. The van der Waals surface area contributed by atoms with Crippen LogP contribution < -0.4 is 0 Å². The zero-order valence-electron chi connectivity index (χ0n) is 10.4. The molecule has 0 bridgehead atoms. The Morgan fingerprint density at radius 3 is 2.44 bits per heavy atom. The van der Waals surface area contributed by atoms with Gasteiger partial charge < -0.3 is 4.74 Å². The molecular weight excluding hydrogens is 235 g/mol. The van der Waals surface area contributed by atoms with E-state index in [1.165, 1.54) is 12.1 Å². The maximum atomic E-state index is 12.8. The number of hydrogen-bond acceptors (Lipinski definition) is 3. The van der Waals surface area contributed by atoms with Gasteiger partial charge in [-0.05, 0) is 23.8 Å². The lowest BCUT2D eigenvalue weighted by Crippen LogP contribution is -2.14. The third-order valence-corrected chi connectivity index (χ3v) is 2.36. The number of ketones is 1. The summed E-state index contributed by atoms with van der Waals surface area (Å²) in [5.41, 5.74) is 1.08. The number of ether oxygens (including phenoxy) is 1. The highest BCUT2D eigenvalue weighted by molar-refractivity contribution is 6.01. The molecule has 18 heavy (non-hydrogen) atoms. The Hall–Kier alpha value is -1.97. The molecule has 0 saturated heterocycles. The van der Waals surface area contributed by atoms with Gasteiger partial charge in [-0.25, -0.2) is 4.39 Å². The van der Waals surface area contributed by atoms with E-state index in [0.717, 1.165) is 0 Å². The predicted octanol–water partition coefficient (Wildman–Crippen LogP) is 2.61. The first kappa shape index (κ1) is 14.1. The van der Waals surface area contributed by atoms with Crippen LogP contribution in [0.25, 0.3) is 6.08 Å². The second-order valence-electron chi connectivity index (χ2n) is 4.15. The average Bonchev–Trinajstić information content (AvgIpc) is 2.35. The van der Waals surface area contributed by atoms with Gasteiger partial charge in [-0.15, -0.1) is 0 Å². The number of carbonyl (C=O) groups excluding carboxylic acids is 2. The van der Waals surface area contributed by atoms with Gasteiger partial charge >= 0.3 is 0 Å². The highest BCUT2D eigenvalue weighted by Gasteiger charge is 2.14. The molecule has 0 aliphatic rings. The van der Waals surface area contributed by atoms with Gasteiger partial charge in [-0.3, -0.25) is 9.59 Å². The van der Waals surface area contributed by atoms with Crippen LogP contribution in [0.2, 0.25) is 0 Å². The van der Waals surface area contributed by atoms with Crippen LogP contribution in [0, 0.1) is 11.7 Å². The molecule has 0 unspecified atom stereocenters. The first-order valence-electron chi connectivity index (χ1n) is 5.60. The van der Waals surface area contributed by atoms with Gasteiger partial charge in [0.05, 0.1) is 0 Å². The minimum atomic E-state index is -0.340. The summed E-state index contributed by atoms with van der Waals surface area (Å²) in [5, 5.41) is 0. The van der Waals surface area contributed by atoms with E-state index in [9.17, 15) is 14.0 Å². The van der Waals surface area contributed by atoms with E-state index in [0.29, 0.717) is 17.6 Å². The van der Waals surface area contributed by atoms with Crippen molar-refractivity contribution < 1.29 is 18.7 Å². The summed E-state index contributed by atoms with van der Waals surface area (Å²) in [6.45, 7) is 3.76. The van der Waals surface area contributed by atoms with E-state index in [2.05, 4.69) is 4.74 Å². The van der Waals surface area contributed by atoms with Crippen LogP contribution in [-0.4, -0.2) is 18.9 Å². The van der Waals surface area contributed by atoms with Crippen molar-refractivity contribution in [1.29, 1.82) is 0 Å². The summed E-state index contributed by atoms with van der Waals surface area (Å²) in [6, 6.07) is 5.74. The quantitative estimate of drug-likeness (QED) is 0.575. The van der Waals surface area contributed by atoms with Crippen molar-refractivity contribution in [2.45, 2.75) is 13.8 Å². The maximum absolute atomic E-state index is 12.8. The molecule has 0 aliphatic heterocycles. The van der Waals surface area contributed by atoms with Crippen LogP contribution in [-0.2, 0) is 14.3 Å². The van der Waals surface area contributed by atoms with Gasteiger partial charge in [0.25, 0.3) is 6.47 Å². The molecule has 0 atom stereocenters. The molecule has 0 amide bonds. The van der Waals surface area contributed by atoms with Crippen LogP contribution in [0.1, 0.15) is 19.4 Å². The lowest BCUT2D eigenvalue weighted by Gasteiger charge is -2.08. The normalized spacial score (nSPS) is 11.4. The van der Waals surface area contributed by atoms with Gasteiger partial charge in [0.2, 0.25) is 0 Å². The van der Waals surface area contributed by atoms with Crippen molar-refractivity contribution in [3.8, 4) is 0 Å². The number of carbonyl (C=O) groups is 2. The van der Waals surface area contributed by atoms with Crippen LogP contribution >= 0.6 is 0 Å². The van der Waals surface area contributed by atoms with E-state index in [4.69, 9.17) is 0 Å². The van der Waals surface area contributed by atoms with Crippen molar-refractivity contribution in [2.24, 2.45) is 5.92 Å². The Morgan fingerprint density at radius 1 is 1.33 bits per heavy atom. The van der Waals surface area contributed by atoms with E-state index >= 15 is 0 Å². The largest absolute Gasteiger partial charge is 0.463 e. The molecule has 0 aliphatic carbocycles. The molecular formula is C14H15FO3. The van der Waals surface area contributed by atoms with E-state index in [1.54, 1.807) is 32.1 Å². The lowest BCUT2D eigenvalue weighted by atomic mass is 9.99. The second-order valence-corrected chi connectivity index (χ2v) is 4.15. The third-order valence-electron chi connectivity index (χ3n) is 2.36. The summed E-state index contributed by atoms with van der Waals surface area (Å²) in [4.78, 5) is 22.1. The summed E-state index contributed by atoms with van der Waals surface area (Å²) in [6.07, 6.45) is 1.60. The fourth-order valence-corrected chi connectivity index (χ4v) is 1.44. The van der Waals surface area contributed by atoms with Gasteiger partial charge in [0.1, 0.15) is 12.4 Å². The average molecular weight is 250 g/mol. The molecule has 1 aromatic carbocycles. The first-order chi connectivity index (χ1) is 8.54. The van der Waals surface area contributed by atoms with Gasteiger partial charge in [-0.1, -0.05) is 26.0 Å². The topological polar surface area (TPSA) is 43.4 Å². The number of benzene rings is 1. The fourth-order valence-electron chi connectivity index (χ4n) is 1.44. The summed E-state index contributed by atoms with van der Waals surface area (Å²) < 4.78 is 17.4. The molecule has 1 rings (SSSR count). The van der Waals surface area contributed by atoms with E-state index < -0.39 is 0 Å². The summed E-state index contributed by atoms with van der Waals surface area (Å²) in [5.74, 6) is -0.624. The van der Waals surface area contributed by atoms with E-state index in [-0.39, 0.29) is 24.1 Å². The first-order valence-corrected chi connectivity index (χ1v) is 5.60. The van der Waals surface area contributed by atoms with Crippen molar-refractivity contribution >= 4 is 18.3 Å². The molecule has 0 saturated carbocycles. The Bertz CT molecular complexity index is 447. The highest BCUT2D eigenvalue weighted by Crippen LogP contribution is 2.13. The zero-order chi connectivity index (χ0) is 13.5. The van der Waals surface area contributed by atoms with Gasteiger partial charge in [0.15, 0.2) is 5.78 Å². The fraction of sp³-hybridized carbons (Fsp3) is 0.286. The van der Waals surface area contributed by atoms with Crippen LogP contribution in [0.3, 0.4) is 0 Å². The molecule has 0 fully saturated rings. The third kappa shape index (κ3) is 4.13. The molecule has 0 N–H and O–H groups in total. The Balaban J connectivity index is 2.97. The van der Waals surface area contributed by atoms with Crippen molar-refractivity contribution in [2.75, 3.05) is 6.61 Å². The predicted molar refractivity (Wildman–Crippen MR) is 66.2 cm³/mol. The number of halogens is 1. The summed E-state index contributed by atoms with van der Waals surface area (Å²) in [7, 11) is 0. The van der Waals surface area contributed by atoms with Crippen molar-refractivity contribution in [1.82, 2.24) is 0 Å². The van der Waals surface area contributed by atoms with Gasteiger partial charge in [0, 0.05) is 11.5 Å². The number of hydrogen-bond donors (Lipinski definition) is 0. The molecule has 0 heterocycles. The highest BCUT2D eigenvalue weighted by atomic mass is 19.1. The smallest absolute Gasteiger partial charge is 0.293 e. The number of rotatable bonds is 6. The molecule has 96 valence electrons. The van der Waals surface area contributed by atoms with E-state index in [1.807, 2.05) is 0 Å². The minimum Gasteiger partial charge on any atom is -0.463 e. The molecule has 1 aromatic rings. The van der Waals surface area contributed by atoms with Gasteiger partial charge in [-0.2, -0.15) is 0 Å². The van der Waals surface area contributed by atoms with Crippen molar-refractivity contribution in [3.63, 3.8) is 0 Å². The molecule has 0 aromatic heterocycles. The molecule has 0 radical (unpaired) electrons. The zero-order valence-corrected chi connectivity index (χ0v) is 10.4. The van der Waals surface area contributed by atoms with Crippen LogP contribution in [0.5, 0.6) is 0 Å². The maximum Gasteiger partial charge on any atom is 0.293 e. The SMILES string of the molecule is CC(C)C(=O)C(=Cc1ccc(F)cc1)COC=O. The summed E-state index contributed by atoms with van der Waals surface area (Å²) >= 11 is 0.